The van der Waals surface area contributed by atoms with E-state index in [1.807, 2.05) is 11.3 Å². The van der Waals surface area contributed by atoms with Gasteiger partial charge in [0, 0.05) is 70.4 Å². The topological polar surface area (TPSA) is 19.6 Å². The van der Waals surface area contributed by atoms with E-state index in [1.165, 1.54) is 63.4 Å². The Bertz CT molecular complexity index is 7590. The molecule has 2 aromatic heterocycles. The molecule has 116 heavy (non-hydrogen) atoms. The third-order valence-electron chi connectivity index (χ3n) is 23.4. The van der Waals surface area contributed by atoms with Crippen molar-refractivity contribution in [3.63, 3.8) is 0 Å². The molecule has 0 aliphatic carbocycles. The summed E-state index contributed by atoms with van der Waals surface area (Å²) in [6.45, 7) is 0. The number of hydrogen-bond donors (Lipinski definition) is 0. The number of anilines is 6. The Morgan fingerprint density at radius 3 is 1.20 bits per heavy atom. The van der Waals surface area contributed by atoms with Gasteiger partial charge in [-0.05, 0) is 211 Å². The van der Waals surface area contributed by atoms with Crippen LogP contribution in [0.1, 0.15) is 0 Å². The molecule has 0 atom stereocenters. The second-order valence-electron chi connectivity index (χ2n) is 30.1. The van der Waals surface area contributed by atoms with Gasteiger partial charge in [0.05, 0.1) is 11.4 Å². The Morgan fingerprint density at radius 1 is 0.190 bits per heavy atom. The molecule has 2 heterocycles. The van der Waals surface area contributed by atoms with E-state index in [2.05, 4.69) is 447 Å². The number of furan rings is 1. The van der Waals surface area contributed by atoms with Crippen LogP contribution in [0.3, 0.4) is 0 Å². The summed E-state index contributed by atoms with van der Waals surface area (Å²) in [6, 6.07) is 161. The van der Waals surface area contributed by atoms with Crippen LogP contribution in [0.4, 0.5) is 34.1 Å². The fraction of sp³-hybridized carbons (Fsp3) is 0. The number of thiophene rings is 1. The molecule has 0 bridgehead atoms. The molecule has 0 aliphatic rings. The molecule has 0 saturated heterocycles. The SMILES string of the molecule is c1ccc(-c2ccccc2-c2c(-c3ccccc3)cccc2N(c2cccc(-c3cccc4c3oc3cc(-c5cc6cc(N(c7cccc(-c8cccc9c8sc8ccccc89)c7)c7cccc(-c8ccccc8)c7-c7ccccc7-c7ccccc7)ccc6c6ccccc56)ccc34)c2)c2ccc3c(ccc4ccccc43)c2)cc1. The highest BCUT2D eigenvalue weighted by molar-refractivity contribution is 7.26. The van der Waals surface area contributed by atoms with E-state index < -0.39 is 0 Å². The molecular formula is C112H72N2OS. The molecule has 0 spiro atoms. The van der Waals surface area contributed by atoms with Gasteiger partial charge in [0.25, 0.3) is 0 Å². The normalized spacial score (nSPS) is 11.6. The Balaban J connectivity index is 0.703. The molecule has 542 valence electrons. The first-order valence-electron chi connectivity index (χ1n) is 39.8. The van der Waals surface area contributed by atoms with Crippen molar-refractivity contribution in [3.8, 4) is 100 Å². The van der Waals surface area contributed by atoms with Crippen molar-refractivity contribution in [3.05, 3.63) is 437 Å². The van der Waals surface area contributed by atoms with Crippen molar-refractivity contribution in [2.45, 2.75) is 0 Å². The smallest absolute Gasteiger partial charge is 0.143 e. The van der Waals surface area contributed by atoms with Gasteiger partial charge in [0.1, 0.15) is 11.2 Å². The Kier molecular flexibility index (Phi) is 16.8. The molecule has 0 fully saturated rings. The summed E-state index contributed by atoms with van der Waals surface area (Å²) in [5, 5.41) is 14.1. The minimum Gasteiger partial charge on any atom is -0.455 e. The number of hydrogen-bond acceptors (Lipinski definition) is 4. The van der Waals surface area contributed by atoms with Crippen LogP contribution in [0.15, 0.2) is 441 Å². The molecule has 0 aliphatic heterocycles. The highest BCUT2D eigenvalue weighted by Crippen LogP contribution is 2.53. The lowest BCUT2D eigenvalue weighted by Crippen LogP contribution is -2.12. The lowest BCUT2D eigenvalue weighted by Gasteiger charge is -2.30. The fourth-order valence-corrected chi connectivity index (χ4v) is 19.4. The highest BCUT2D eigenvalue weighted by atomic mass is 32.1. The standard InChI is InChI=1S/C112H72N2OS/c1-5-29-73(30-6-1)88-43-15-19-48-100(88)109-92(75-33-9-3-10-34-75)50-27-56-105(109)113(85-62-65-90-80(69-85)60-59-77-37-13-14-42-87(77)90)83-40-23-38-78(67-83)94-52-25-54-102-98-64-61-81(72-107(98)115-111(94)102)104-71-82-70-86(63-66-91(82)96-45-17-18-46-97(96)104)114(84-41-24-39-79(68-84)95-53-26-55-103-99-47-21-22-58-108(99)116-112(95)103)106-57-28-51-93(76-35-11-4-12-36-76)110(106)101-49-20-16-44-89(101)74-31-7-2-8-32-74/h1-72H. The Hall–Kier alpha value is -14.9. The van der Waals surface area contributed by atoms with E-state index in [4.69, 9.17) is 4.42 Å². The van der Waals surface area contributed by atoms with E-state index >= 15 is 0 Å². The molecule has 0 amide bonds. The van der Waals surface area contributed by atoms with Crippen molar-refractivity contribution < 1.29 is 4.42 Å². The summed E-state index contributed by atoms with van der Waals surface area (Å²) >= 11 is 1.87. The lowest BCUT2D eigenvalue weighted by molar-refractivity contribution is 0.670. The summed E-state index contributed by atoms with van der Waals surface area (Å²) in [6.07, 6.45) is 0. The van der Waals surface area contributed by atoms with E-state index in [1.54, 1.807) is 0 Å². The lowest BCUT2D eigenvalue weighted by atomic mass is 9.87. The van der Waals surface area contributed by atoms with E-state index in [9.17, 15) is 0 Å². The van der Waals surface area contributed by atoms with Crippen LogP contribution in [-0.4, -0.2) is 0 Å². The number of benzene rings is 20. The number of rotatable bonds is 15. The first-order chi connectivity index (χ1) is 57.5. The molecule has 4 heteroatoms. The van der Waals surface area contributed by atoms with Gasteiger partial charge < -0.3 is 14.2 Å². The molecule has 20 aromatic carbocycles. The first-order valence-corrected chi connectivity index (χ1v) is 40.6. The van der Waals surface area contributed by atoms with Crippen molar-refractivity contribution in [1.82, 2.24) is 0 Å². The zero-order valence-corrected chi connectivity index (χ0v) is 64.1. The van der Waals surface area contributed by atoms with E-state index in [0.717, 1.165) is 156 Å². The predicted molar refractivity (Wildman–Crippen MR) is 495 cm³/mol. The minimum atomic E-state index is 0.822. The molecule has 22 rings (SSSR count). The Labute approximate surface area is 677 Å². The van der Waals surface area contributed by atoms with Crippen LogP contribution in [0, 0.1) is 0 Å². The monoisotopic (exact) mass is 1490 g/mol. The van der Waals surface area contributed by atoms with Gasteiger partial charge in [-0.3, -0.25) is 0 Å². The largest absolute Gasteiger partial charge is 0.455 e. The van der Waals surface area contributed by atoms with Crippen molar-refractivity contribution >= 4 is 131 Å². The maximum atomic E-state index is 7.38. The van der Waals surface area contributed by atoms with Gasteiger partial charge >= 0.3 is 0 Å². The average molecular weight is 1490 g/mol. The molecule has 0 unspecified atom stereocenters. The molecule has 3 nitrogen and oxygen atoms in total. The van der Waals surface area contributed by atoms with E-state index in [0.29, 0.717) is 0 Å². The van der Waals surface area contributed by atoms with Crippen LogP contribution in [0.25, 0.3) is 185 Å². The zero-order chi connectivity index (χ0) is 76.6. The third-order valence-corrected chi connectivity index (χ3v) is 24.7. The fourth-order valence-electron chi connectivity index (χ4n) is 18.1. The number of para-hydroxylation sites is 1. The van der Waals surface area contributed by atoms with E-state index in [-0.39, 0.29) is 0 Å². The molecular weight excluding hydrogens is 1420 g/mol. The summed E-state index contributed by atoms with van der Waals surface area (Å²) in [4.78, 5) is 4.98. The highest BCUT2D eigenvalue weighted by Gasteiger charge is 2.28. The zero-order valence-electron chi connectivity index (χ0n) is 63.3. The van der Waals surface area contributed by atoms with Crippen molar-refractivity contribution in [2.75, 3.05) is 9.80 Å². The molecule has 22 aromatic rings. The molecule has 0 radical (unpaired) electrons. The van der Waals surface area contributed by atoms with Gasteiger partial charge in [-0.1, -0.05) is 352 Å². The summed E-state index contributed by atoms with van der Waals surface area (Å²) in [7, 11) is 0. The predicted octanol–water partition coefficient (Wildman–Crippen LogP) is 32.5. The molecule has 0 saturated carbocycles. The maximum Gasteiger partial charge on any atom is 0.143 e. The van der Waals surface area contributed by atoms with Gasteiger partial charge in [-0.25, -0.2) is 0 Å². The number of fused-ring (bicyclic) bond motifs is 12. The summed E-state index contributed by atoms with van der Waals surface area (Å²) in [5.74, 6) is 0. The average Bonchev–Trinajstić information content (AvgIpc) is 1.73. The van der Waals surface area contributed by atoms with Gasteiger partial charge in [0.2, 0.25) is 0 Å². The maximum absolute atomic E-state index is 7.38. The Morgan fingerprint density at radius 2 is 0.586 bits per heavy atom. The number of nitrogens with zero attached hydrogens (tertiary/aromatic N) is 2. The quantitative estimate of drug-likeness (QED) is 0.0954. The van der Waals surface area contributed by atoms with Crippen LogP contribution in [0.2, 0.25) is 0 Å². The van der Waals surface area contributed by atoms with Crippen LogP contribution >= 0.6 is 11.3 Å². The minimum absolute atomic E-state index is 0.822. The van der Waals surface area contributed by atoms with Crippen molar-refractivity contribution in [2.24, 2.45) is 0 Å². The van der Waals surface area contributed by atoms with Gasteiger partial charge in [0.15, 0.2) is 0 Å². The summed E-state index contributed by atoms with van der Waals surface area (Å²) < 4.78 is 9.95. The van der Waals surface area contributed by atoms with Gasteiger partial charge in [-0.2, -0.15) is 0 Å². The molecule has 0 N–H and O–H groups in total. The van der Waals surface area contributed by atoms with Crippen LogP contribution < -0.4 is 9.80 Å². The van der Waals surface area contributed by atoms with Gasteiger partial charge in [-0.15, -0.1) is 11.3 Å². The van der Waals surface area contributed by atoms with Crippen LogP contribution in [0.5, 0.6) is 0 Å². The second-order valence-corrected chi connectivity index (χ2v) is 31.1. The van der Waals surface area contributed by atoms with Crippen molar-refractivity contribution in [1.29, 1.82) is 0 Å². The second kappa shape index (κ2) is 28.7. The van der Waals surface area contributed by atoms with Crippen LogP contribution in [-0.2, 0) is 0 Å². The third kappa shape index (κ3) is 11.8. The summed E-state index contributed by atoms with van der Waals surface area (Å²) in [5.41, 5.74) is 28.3. The first kappa shape index (κ1) is 67.9.